The van der Waals surface area contributed by atoms with Gasteiger partial charge >= 0.3 is 0 Å². The maximum absolute atomic E-state index is 12.2. The molecule has 16 heavy (non-hydrogen) atoms. The fourth-order valence-electron chi connectivity index (χ4n) is 1.68. The van der Waals surface area contributed by atoms with Gasteiger partial charge in [-0.2, -0.15) is 11.8 Å². The number of pyridine rings is 1. The predicted octanol–water partition coefficient (Wildman–Crippen LogP) is 2.42. The fourth-order valence-corrected chi connectivity index (χ4v) is 2.93. The van der Waals surface area contributed by atoms with E-state index in [4.69, 9.17) is 0 Å². The molecule has 0 radical (unpaired) electrons. The first-order valence-corrected chi connectivity index (χ1v) is 7.13. The fraction of sp³-hybridized carbons (Fsp3) is 0.455. The topological polar surface area (TPSA) is 33.2 Å². The number of carbonyl (C=O) groups excluding carboxylic acids is 1. The SMILES string of the molecule is CC1CSCCN1C(=O)c1ccc(Br)cn1. The van der Waals surface area contributed by atoms with E-state index in [0.29, 0.717) is 11.7 Å². The van der Waals surface area contributed by atoms with E-state index in [1.807, 2.05) is 22.7 Å². The van der Waals surface area contributed by atoms with E-state index in [1.54, 1.807) is 12.3 Å². The Morgan fingerprint density at radius 2 is 2.44 bits per heavy atom. The number of halogens is 1. The van der Waals surface area contributed by atoms with Gasteiger partial charge in [0.05, 0.1) is 0 Å². The molecular weight excluding hydrogens is 288 g/mol. The van der Waals surface area contributed by atoms with Gasteiger partial charge in [-0.25, -0.2) is 4.98 Å². The molecule has 1 unspecified atom stereocenters. The highest BCUT2D eigenvalue weighted by Gasteiger charge is 2.25. The van der Waals surface area contributed by atoms with E-state index < -0.39 is 0 Å². The zero-order valence-corrected chi connectivity index (χ0v) is 11.4. The van der Waals surface area contributed by atoms with Crippen LogP contribution in [0.1, 0.15) is 17.4 Å². The number of amides is 1. The van der Waals surface area contributed by atoms with E-state index in [0.717, 1.165) is 22.5 Å². The summed E-state index contributed by atoms with van der Waals surface area (Å²) >= 11 is 5.21. The molecule has 2 rings (SSSR count). The molecule has 1 aromatic rings. The van der Waals surface area contributed by atoms with Crippen LogP contribution in [-0.4, -0.2) is 39.9 Å². The molecule has 0 N–H and O–H groups in total. The normalized spacial score (nSPS) is 20.9. The van der Waals surface area contributed by atoms with Crippen molar-refractivity contribution in [3.8, 4) is 0 Å². The largest absolute Gasteiger partial charge is 0.333 e. The Hall–Kier alpha value is -0.550. The highest BCUT2D eigenvalue weighted by atomic mass is 79.9. The molecule has 0 saturated carbocycles. The summed E-state index contributed by atoms with van der Waals surface area (Å²) in [5, 5.41) is 0. The van der Waals surface area contributed by atoms with Crippen LogP contribution in [0.3, 0.4) is 0 Å². The summed E-state index contributed by atoms with van der Waals surface area (Å²) in [5.41, 5.74) is 0.530. The quantitative estimate of drug-likeness (QED) is 0.799. The summed E-state index contributed by atoms with van der Waals surface area (Å²) in [6.07, 6.45) is 1.66. The highest BCUT2D eigenvalue weighted by Crippen LogP contribution is 2.18. The van der Waals surface area contributed by atoms with Crippen molar-refractivity contribution in [3.63, 3.8) is 0 Å². The molecule has 0 spiro atoms. The number of hydrogen-bond acceptors (Lipinski definition) is 3. The van der Waals surface area contributed by atoms with Crippen LogP contribution in [0.2, 0.25) is 0 Å². The summed E-state index contributed by atoms with van der Waals surface area (Å²) in [6.45, 7) is 2.91. The van der Waals surface area contributed by atoms with E-state index >= 15 is 0 Å². The third-order valence-corrected chi connectivity index (χ3v) is 4.23. The first-order chi connectivity index (χ1) is 7.68. The maximum Gasteiger partial charge on any atom is 0.272 e. The summed E-state index contributed by atoms with van der Waals surface area (Å²) in [6, 6.07) is 3.92. The third kappa shape index (κ3) is 2.58. The lowest BCUT2D eigenvalue weighted by Crippen LogP contribution is -2.44. The van der Waals surface area contributed by atoms with Crippen LogP contribution in [-0.2, 0) is 0 Å². The van der Waals surface area contributed by atoms with Crippen molar-refractivity contribution >= 4 is 33.6 Å². The number of carbonyl (C=O) groups is 1. The summed E-state index contributed by atoms with van der Waals surface area (Å²) in [4.78, 5) is 18.2. The average molecular weight is 301 g/mol. The molecule has 1 fully saturated rings. The molecule has 1 aromatic heterocycles. The molecule has 1 atom stereocenters. The summed E-state index contributed by atoms with van der Waals surface area (Å²) < 4.78 is 0.895. The van der Waals surface area contributed by atoms with Crippen LogP contribution in [0.5, 0.6) is 0 Å². The van der Waals surface area contributed by atoms with Crippen LogP contribution in [0.25, 0.3) is 0 Å². The smallest absolute Gasteiger partial charge is 0.272 e. The Morgan fingerprint density at radius 1 is 1.62 bits per heavy atom. The lowest BCUT2D eigenvalue weighted by atomic mass is 10.2. The molecular formula is C11H13BrN2OS. The first-order valence-electron chi connectivity index (χ1n) is 5.19. The molecule has 1 aliphatic rings. The van der Waals surface area contributed by atoms with Gasteiger partial charge in [-0.3, -0.25) is 4.79 Å². The van der Waals surface area contributed by atoms with Crippen molar-refractivity contribution in [3.05, 3.63) is 28.5 Å². The second-order valence-corrected chi connectivity index (χ2v) is 5.85. The Bertz CT molecular complexity index is 382. The van der Waals surface area contributed by atoms with E-state index in [-0.39, 0.29) is 5.91 Å². The van der Waals surface area contributed by atoms with Crippen LogP contribution >= 0.6 is 27.7 Å². The highest BCUT2D eigenvalue weighted by molar-refractivity contribution is 9.10. The van der Waals surface area contributed by atoms with Crippen LogP contribution in [0.4, 0.5) is 0 Å². The number of rotatable bonds is 1. The van der Waals surface area contributed by atoms with Gasteiger partial charge in [0.1, 0.15) is 5.69 Å². The van der Waals surface area contributed by atoms with Crippen molar-refractivity contribution < 1.29 is 4.79 Å². The summed E-state index contributed by atoms with van der Waals surface area (Å²) in [7, 11) is 0. The van der Waals surface area contributed by atoms with Gasteiger partial charge in [-0.05, 0) is 35.0 Å². The van der Waals surface area contributed by atoms with Crippen molar-refractivity contribution in [1.82, 2.24) is 9.88 Å². The van der Waals surface area contributed by atoms with E-state index in [1.165, 1.54) is 0 Å². The molecule has 0 bridgehead atoms. The molecule has 0 aromatic carbocycles. The monoisotopic (exact) mass is 300 g/mol. The number of hydrogen-bond donors (Lipinski definition) is 0. The van der Waals surface area contributed by atoms with Gasteiger partial charge in [0.25, 0.3) is 5.91 Å². The number of thioether (sulfide) groups is 1. The number of nitrogens with zero attached hydrogens (tertiary/aromatic N) is 2. The van der Waals surface area contributed by atoms with Gasteiger partial charge in [0.2, 0.25) is 0 Å². The maximum atomic E-state index is 12.2. The molecule has 2 heterocycles. The van der Waals surface area contributed by atoms with E-state index in [2.05, 4.69) is 27.8 Å². The van der Waals surface area contributed by atoms with Crippen molar-refractivity contribution in [2.75, 3.05) is 18.1 Å². The van der Waals surface area contributed by atoms with Crippen LogP contribution in [0, 0.1) is 0 Å². The Balaban J connectivity index is 2.14. The molecule has 86 valence electrons. The summed E-state index contributed by atoms with van der Waals surface area (Å²) in [5.74, 6) is 2.08. The Kier molecular flexibility index (Phi) is 3.86. The van der Waals surface area contributed by atoms with Gasteiger partial charge in [-0.15, -0.1) is 0 Å². The second-order valence-electron chi connectivity index (χ2n) is 3.78. The third-order valence-electron chi connectivity index (χ3n) is 2.58. The van der Waals surface area contributed by atoms with Crippen LogP contribution in [0.15, 0.2) is 22.8 Å². The Morgan fingerprint density at radius 3 is 3.06 bits per heavy atom. The van der Waals surface area contributed by atoms with E-state index in [9.17, 15) is 4.79 Å². The van der Waals surface area contributed by atoms with Crippen molar-refractivity contribution in [1.29, 1.82) is 0 Å². The molecule has 1 amide bonds. The lowest BCUT2D eigenvalue weighted by Gasteiger charge is -2.32. The average Bonchev–Trinajstić information content (AvgIpc) is 2.30. The zero-order chi connectivity index (χ0) is 11.5. The molecule has 5 heteroatoms. The van der Waals surface area contributed by atoms with Crippen molar-refractivity contribution in [2.24, 2.45) is 0 Å². The predicted molar refractivity (Wildman–Crippen MR) is 69.8 cm³/mol. The Labute approximate surface area is 108 Å². The minimum Gasteiger partial charge on any atom is -0.333 e. The minimum absolute atomic E-state index is 0.0419. The number of aromatic nitrogens is 1. The van der Waals surface area contributed by atoms with Crippen molar-refractivity contribution in [2.45, 2.75) is 13.0 Å². The second kappa shape index (κ2) is 5.19. The minimum atomic E-state index is 0.0419. The molecule has 1 saturated heterocycles. The molecule has 1 aliphatic heterocycles. The van der Waals surface area contributed by atoms with Gasteiger partial charge < -0.3 is 4.90 Å². The lowest BCUT2D eigenvalue weighted by molar-refractivity contribution is 0.0710. The van der Waals surface area contributed by atoms with Gasteiger partial charge in [0.15, 0.2) is 0 Å². The standard InChI is InChI=1S/C11H13BrN2OS/c1-8-7-16-5-4-14(8)11(15)10-3-2-9(12)6-13-10/h2-3,6,8H,4-5,7H2,1H3. The zero-order valence-electron chi connectivity index (χ0n) is 9.02. The van der Waals surface area contributed by atoms with Gasteiger partial charge in [0, 0.05) is 34.8 Å². The molecule has 3 nitrogen and oxygen atoms in total. The van der Waals surface area contributed by atoms with Gasteiger partial charge in [-0.1, -0.05) is 0 Å². The van der Waals surface area contributed by atoms with Crippen LogP contribution < -0.4 is 0 Å². The first kappa shape index (κ1) is 11.9. The molecule has 0 aliphatic carbocycles.